The van der Waals surface area contributed by atoms with Gasteiger partial charge in [0.15, 0.2) is 16.8 Å². The van der Waals surface area contributed by atoms with Gasteiger partial charge in [0.2, 0.25) is 0 Å². The number of hydrogen-bond acceptors (Lipinski definition) is 10. The van der Waals surface area contributed by atoms with Gasteiger partial charge in [-0.25, -0.2) is 14.6 Å². The van der Waals surface area contributed by atoms with E-state index in [2.05, 4.69) is 14.7 Å². The maximum absolute atomic E-state index is 14.4. The minimum atomic E-state index is -4.22. The van der Waals surface area contributed by atoms with Crippen LogP contribution in [0.5, 0.6) is 5.75 Å². The van der Waals surface area contributed by atoms with Crippen LogP contribution in [0.3, 0.4) is 0 Å². The summed E-state index contributed by atoms with van der Waals surface area (Å²) < 4.78 is 49.7. The van der Waals surface area contributed by atoms with Gasteiger partial charge in [-0.15, -0.1) is 11.3 Å². The van der Waals surface area contributed by atoms with Crippen LogP contribution >= 0.6 is 11.3 Å². The molecule has 0 radical (unpaired) electrons. The number of piperidine rings is 1. The van der Waals surface area contributed by atoms with Crippen molar-refractivity contribution < 1.29 is 37.0 Å². The SMILES string of the molecule is CCOC(=O)C(F)(F)Oc1ccc(-c2cscn2)c2oc(N3CC4CC(C3)N4C(=O)OC(C)(C)C)nc12. The average Bonchev–Trinajstić information content (AvgIpc) is 3.49. The van der Waals surface area contributed by atoms with Crippen LogP contribution in [0.4, 0.5) is 19.6 Å². The maximum atomic E-state index is 14.4. The van der Waals surface area contributed by atoms with Gasteiger partial charge < -0.3 is 23.5 Å². The fourth-order valence-electron chi connectivity index (χ4n) is 4.51. The van der Waals surface area contributed by atoms with Gasteiger partial charge in [0.05, 0.1) is 29.9 Å². The quantitative estimate of drug-likeness (QED) is 0.415. The molecule has 3 fully saturated rings. The predicted octanol–water partition coefficient (Wildman–Crippen LogP) is 4.68. The second kappa shape index (κ2) is 9.12. The number of nitrogens with zero attached hydrogens (tertiary/aromatic N) is 4. The minimum absolute atomic E-state index is 0.0210. The van der Waals surface area contributed by atoms with Crippen molar-refractivity contribution in [3.8, 4) is 17.0 Å². The lowest BCUT2D eigenvalue weighted by Crippen LogP contribution is -2.70. The van der Waals surface area contributed by atoms with E-state index >= 15 is 0 Å². The Hall–Kier alpha value is -3.48. The molecule has 1 aromatic carbocycles. The van der Waals surface area contributed by atoms with Gasteiger partial charge in [-0.2, -0.15) is 13.8 Å². The average molecular weight is 537 g/mol. The number of oxazole rings is 1. The van der Waals surface area contributed by atoms with Gasteiger partial charge >= 0.3 is 18.2 Å². The summed E-state index contributed by atoms with van der Waals surface area (Å²) in [6, 6.07) is 2.84. The summed E-state index contributed by atoms with van der Waals surface area (Å²) in [6.45, 7) is 7.52. The third-order valence-corrected chi connectivity index (χ3v) is 6.61. The number of amides is 1. The molecule has 198 valence electrons. The molecule has 3 aliphatic rings. The fraction of sp³-hybridized carbons (Fsp3) is 0.500. The van der Waals surface area contributed by atoms with Crippen molar-refractivity contribution in [3.05, 3.63) is 23.0 Å². The summed E-state index contributed by atoms with van der Waals surface area (Å²) in [4.78, 5) is 36.7. The number of hydrogen-bond donors (Lipinski definition) is 0. The second-order valence-corrected chi connectivity index (χ2v) is 10.6. The highest BCUT2D eigenvalue weighted by Crippen LogP contribution is 2.41. The van der Waals surface area contributed by atoms with Crippen molar-refractivity contribution in [1.29, 1.82) is 0 Å². The molecule has 0 spiro atoms. The number of rotatable bonds is 6. The smallest absolute Gasteiger partial charge is 0.459 e. The lowest BCUT2D eigenvalue weighted by Gasteiger charge is -2.55. The Morgan fingerprint density at radius 2 is 1.95 bits per heavy atom. The summed E-state index contributed by atoms with van der Waals surface area (Å²) in [6.07, 6.45) is -3.76. The number of carbonyl (C=O) groups excluding carboxylic acids is 2. The van der Waals surface area contributed by atoms with E-state index in [4.69, 9.17) is 13.9 Å². The van der Waals surface area contributed by atoms with Crippen LogP contribution < -0.4 is 9.64 Å². The number of carbonyl (C=O) groups is 2. The van der Waals surface area contributed by atoms with Crippen LogP contribution in [0, 0.1) is 0 Å². The van der Waals surface area contributed by atoms with Crippen LogP contribution in [0.1, 0.15) is 34.1 Å². The zero-order valence-corrected chi connectivity index (χ0v) is 21.5. The summed E-state index contributed by atoms with van der Waals surface area (Å²) in [5, 5.41) is 1.79. The van der Waals surface area contributed by atoms with Gasteiger partial charge in [-0.1, -0.05) is 0 Å². The van der Waals surface area contributed by atoms with E-state index in [0.717, 1.165) is 6.42 Å². The van der Waals surface area contributed by atoms with E-state index in [0.29, 0.717) is 24.3 Å². The fourth-order valence-corrected chi connectivity index (χ4v) is 5.06. The molecule has 1 amide bonds. The first-order valence-electron chi connectivity index (χ1n) is 11.8. The molecule has 2 bridgehead atoms. The van der Waals surface area contributed by atoms with E-state index in [1.165, 1.54) is 30.4 Å². The molecule has 2 atom stereocenters. The summed E-state index contributed by atoms with van der Waals surface area (Å²) >= 11 is 1.37. The monoisotopic (exact) mass is 536 g/mol. The summed E-state index contributed by atoms with van der Waals surface area (Å²) in [5.41, 5.74) is 2.38. The van der Waals surface area contributed by atoms with Gasteiger partial charge in [0, 0.05) is 24.0 Å². The molecule has 0 N–H and O–H groups in total. The standard InChI is InChI=1S/C24H26F2N4O6S/c1-5-33-20(31)24(25,26)35-17-7-6-15(16-11-37-12-27-16)19-18(17)28-21(34-19)29-9-13-8-14(10-29)30(13)22(32)36-23(2,3)4/h6-7,11-14H,5,8-10H2,1-4H3. The van der Waals surface area contributed by atoms with Gasteiger partial charge in [-0.3, -0.25) is 4.90 Å². The van der Waals surface area contributed by atoms with Crippen LogP contribution in [0.25, 0.3) is 22.4 Å². The molecule has 3 saturated heterocycles. The lowest BCUT2D eigenvalue weighted by atomic mass is 9.88. The molecule has 3 aromatic rings. The third kappa shape index (κ3) is 4.79. The number of thiazole rings is 1. The van der Waals surface area contributed by atoms with E-state index in [9.17, 15) is 18.4 Å². The molecule has 3 aliphatic heterocycles. The van der Waals surface area contributed by atoms with Crippen molar-refractivity contribution in [3.63, 3.8) is 0 Å². The summed E-state index contributed by atoms with van der Waals surface area (Å²) in [7, 11) is 0. The highest BCUT2D eigenvalue weighted by Gasteiger charge is 2.50. The topological polar surface area (TPSA) is 107 Å². The number of aromatic nitrogens is 2. The highest BCUT2D eigenvalue weighted by molar-refractivity contribution is 7.07. The molecular weight excluding hydrogens is 510 g/mol. The van der Waals surface area contributed by atoms with Crippen LogP contribution in [0.15, 0.2) is 27.4 Å². The number of anilines is 1. The number of ether oxygens (including phenoxy) is 3. The zero-order valence-electron chi connectivity index (χ0n) is 20.7. The molecule has 0 saturated carbocycles. The first-order chi connectivity index (χ1) is 17.5. The Kier molecular flexibility index (Phi) is 6.21. The van der Waals surface area contributed by atoms with E-state index in [1.54, 1.807) is 15.8 Å². The molecular formula is C24H26F2N4O6S. The van der Waals surface area contributed by atoms with Crippen molar-refractivity contribution in [2.75, 3.05) is 24.6 Å². The molecule has 37 heavy (non-hydrogen) atoms. The zero-order chi connectivity index (χ0) is 26.5. The molecule has 5 heterocycles. The van der Waals surface area contributed by atoms with Crippen molar-refractivity contribution in [2.45, 2.75) is 57.9 Å². The van der Waals surface area contributed by atoms with Crippen molar-refractivity contribution in [2.24, 2.45) is 0 Å². The van der Waals surface area contributed by atoms with E-state index < -0.39 is 17.7 Å². The van der Waals surface area contributed by atoms with Crippen LogP contribution in [-0.4, -0.2) is 70.4 Å². The minimum Gasteiger partial charge on any atom is -0.459 e. The largest absolute Gasteiger partial charge is 0.502 e. The molecule has 2 unspecified atom stereocenters. The number of halogens is 2. The highest BCUT2D eigenvalue weighted by atomic mass is 32.1. The molecule has 0 aliphatic carbocycles. The van der Waals surface area contributed by atoms with Crippen molar-refractivity contribution >= 4 is 40.5 Å². The van der Waals surface area contributed by atoms with Gasteiger partial charge in [0.25, 0.3) is 6.01 Å². The maximum Gasteiger partial charge on any atom is 0.502 e. The third-order valence-electron chi connectivity index (χ3n) is 6.02. The second-order valence-electron chi connectivity index (χ2n) is 9.83. The van der Waals surface area contributed by atoms with E-state index in [-0.39, 0.29) is 47.6 Å². The lowest BCUT2D eigenvalue weighted by molar-refractivity contribution is -0.216. The predicted molar refractivity (Wildman–Crippen MR) is 130 cm³/mol. The Morgan fingerprint density at radius 3 is 2.57 bits per heavy atom. The normalized spacial score (nSPS) is 19.5. The Morgan fingerprint density at radius 1 is 1.22 bits per heavy atom. The van der Waals surface area contributed by atoms with E-state index in [1.807, 2.05) is 25.7 Å². The number of benzene rings is 1. The Bertz CT molecular complexity index is 1310. The number of esters is 1. The number of alkyl halides is 2. The molecule has 2 aromatic heterocycles. The van der Waals surface area contributed by atoms with Gasteiger partial charge in [-0.05, 0) is 46.2 Å². The number of piperazine rings is 1. The molecule has 13 heteroatoms. The molecule has 6 rings (SSSR count). The van der Waals surface area contributed by atoms with Crippen LogP contribution in [0.2, 0.25) is 0 Å². The Labute approximate surface area is 215 Å². The van der Waals surface area contributed by atoms with Crippen molar-refractivity contribution in [1.82, 2.24) is 14.9 Å². The Balaban J connectivity index is 1.45. The van der Waals surface area contributed by atoms with Gasteiger partial charge in [0.1, 0.15) is 5.60 Å². The first kappa shape index (κ1) is 25.2. The first-order valence-corrected chi connectivity index (χ1v) is 12.7. The number of fused-ring (bicyclic) bond motifs is 3. The molecule has 10 nitrogen and oxygen atoms in total. The van der Waals surface area contributed by atoms with Crippen LogP contribution in [-0.2, 0) is 14.3 Å². The summed E-state index contributed by atoms with van der Waals surface area (Å²) in [5.74, 6) is -2.13.